The Morgan fingerprint density at radius 1 is 1.05 bits per heavy atom. The monoisotopic (exact) mass is 272 g/mol. The van der Waals surface area contributed by atoms with Crippen molar-refractivity contribution in [3.8, 4) is 0 Å². The Hall–Kier alpha value is -1.23. The number of benzene rings is 1. The molecular weight excluding hydrogens is 253 g/mol. The molecule has 106 valence electrons. The molecule has 19 heavy (non-hydrogen) atoms. The fourth-order valence-corrected chi connectivity index (χ4v) is 2.47. The SMILES string of the molecule is CCCN1CCN(c2cc(F)c(F)c(C)c2F)CC1. The summed E-state index contributed by atoms with van der Waals surface area (Å²) in [7, 11) is 0. The van der Waals surface area contributed by atoms with Gasteiger partial charge in [0.05, 0.1) is 5.69 Å². The highest BCUT2D eigenvalue weighted by Gasteiger charge is 2.23. The van der Waals surface area contributed by atoms with E-state index in [2.05, 4.69) is 11.8 Å². The molecule has 0 spiro atoms. The lowest BCUT2D eigenvalue weighted by Crippen LogP contribution is -2.46. The molecule has 1 aliphatic rings. The van der Waals surface area contributed by atoms with Gasteiger partial charge < -0.3 is 4.90 Å². The van der Waals surface area contributed by atoms with Gasteiger partial charge in [-0.3, -0.25) is 4.90 Å². The van der Waals surface area contributed by atoms with Gasteiger partial charge in [0.2, 0.25) is 0 Å². The number of piperazine rings is 1. The topological polar surface area (TPSA) is 6.48 Å². The van der Waals surface area contributed by atoms with Crippen molar-refractivity contribution in [1.82, 2.24) is 4.90 Å². The first-order valence-corrected chi connectivity index (χ1v) is 6.66. The molecule has 2 nitrogen and oxygen atoms in total. The first-order chi connectivity index (χ1) is 9.04. The van der Waals surface area contributed by atoms with Crippen LogP contribution in [-0.2, 0) is 0 Å². The van der Waals surface area contributed by atoms with Crippen LogP contribution < -0.4 is 4.90 Å². The van der Waals surface area contributed by atoms with Gasteiger partial charge in [0, 0.05) is 37.8 Å². The first kappa shape index (κ1) is 14.2. The van der Waals surface area contributed by atoms with Crippen molar-refractivity contribution >= 4 is 5.69 Å². The van der Waals surface area contributed by atoms with Crippen LogP contribution in [0.25, 0.3) is 0 Å². The lowest BCUT2D eigenvalue weighted by atomic mass is 10.1. The Morgan fingerprint density at radius 3 is 2.26 bits per heavy atom. The number of hydrogen-bond donors (Lipinski definition) is 0. The number of halogens is 3. The van der Waals surface area contributed by atoms with E-state index in [0.717, 1.165) is 32.1 Å². The molecule has 5 heteroatoms. The molecule has 1 aromatic rings. The second kappa shape index (κ2) is 5.82. The highest BCUT2D eigenvalue weighted by molar-refractivity contribution is 5.51. The second-order valence-corrected chi connectivity index (χ2v) is 4.96. The summed E-state index contributed by atoms with van der Waals surface area (Å²) >= 11 is 0. The summed E-state index contributed by atoms with van der Waals surface area (Å²) in [5.41, 5.74) is -0.0708. The third kappa shape index (κ3) is 2.86. The van der Waals surface area contributed by atoms with E-state index in [1.807, 2.05) is 0 Å². The minimum absolute atomic E-state index is 0.174. The lowest BCUT2D eigenvalue weighted by Gasteiger charge is -2.36. The molecule has 1 aliphatic heterocycles. The molecule has 0 saturated carbocycles. The third-order valence-corrected chi connectivity index (χ3v) is 3.61. The Labute approximate surface area is 111 Å². The van der Waals surface area contributed by atoms with Crippen molar-refractivity contribution < 1.29 is 13.2 Å². The summed E-state index contributed by atoms with van der Waals surface area (Å²) in [6, 6.07) is 0.965. The standard InChI is InChI=1S/C14H19F3N2/c1-3-4-18-5-7-19(8-6-18)12-9-11(15)13(16)10(2)14(12)17/h9H,3-8H2,1-2H3. The predicted octanol–water partition coefficient (Wildman–Crippen LogP) is 2.94. The predicted molar refractivity (Wildman–Crippen MR) is 70.0 cm³/mol. The Kier molecular flexibility index (Phi) is 4.34. The molecule has 0 aromatic heterocycles. The Morgan fingerprint density at radius 2 is 1.68 bits per heavy atom. The number of nitrogens with zero attached hydrogens (tertiary/aromatic N) is 2. The second-order valence-electron chi connectivity index (χ2n) is 4.96. The minimum Gasteiger partial charge on any atom is -0.367 e. The van der Waals surface area contributed by atoms with E-state index in [9.17, 15) is 13.2 Å². The van der Waals surface area contributed by atoms with E-state index >= 15 is 0 Å². The lowest BCUT2D eigenvalue weighted by molar-refractivity contribution is 0.257. The van der Waals surface area contributed by atoms with Gasteiger partial charge in [-0.15, -0.1) is 0 Å². The highest BCUT2D eigenvalue weighted by atomic mass is 19.2. The smallest absolute Gasteiger partial charge is 0.164 e. The van der Waals surface area contributed by atoms with Gasteiger partial charge in [0.15, 0.2) is 17.5 Å². The van der Waals surface area contributed by atoms with Gasteiger partial charge in [0.25, 0.3) is 0 Å². The van der Waals surface area contributed by atoms with Gasteiger partial charge in [-0.25, -0.2) is 13.2 Å². The molecule has 0 amide bonds. The van der Waals surface area contributed by atoms with Gasteiger partial charge >= 0.3 is 0 Å². The third-order valence-electron chi connectivity index (χ3n) is 3.61. The van der Waals surface area contributed by atoms with E-state index in [4.69, 9.17) is 0 Å². The fraction of sp³-hybridized carbons (Fsp3) is 0.571. The summed E-state index contributed by atoms with van der Waals surface area (Å²) in [4.78, 5) is 4.08. The molecule has 0 unspecified atom stereocenters. The van der Waals surface area contributed by atoms with E-state index < -0.39 is 17.5 Å². The molecule has 0 N–H and O–H groups in total. The van der Waals surface area contributed by atoms with Gasteiger partial charge in [-0.2, -0.15) is 0 Å². The molecule has 1 fully saturated rings. The van der Waals surface area contributed by atoms with Crippen LogP contribution in [0.5, 0.6) is 0 Å². The number of hydrogen-bond acceptors (Lipinski definition) is 2. The van der Waals surface area contributed by atoms with E-state index in [1.165, 1.54) is 6.92 Å². The van der Waals surface area contributed by atoms with Gasteiger partial charge in [0.1, 0.15) is 0 Å². The summed E-state index contributed by atoms with van der Waals surface area (Å²) in [6.45, 7) is 7.34. The summed E-state index contributed by atoms with van der Waals surface area (Å²) in [6.07, 6.45) is 1.08. The van der Waals surface area contributed by atoms with Gasteiger partial charge in [-0.05, 0) is 19.9 Å². The zero-order valence-electron chi connectivity index (χ0n) is 11.3. The van der Waals surface area contributed by atoms with Crippen LogP contribution in [0.2, 0.25) is 0 Å². The maximum Gasteiger partial charge on any atom is 0.164 e. The van der Waals surface area contributed by atoms with Crippen molar-refractivity contribution in [3.63, 3.8) is 0 Å². The van der Waals surface area contributed by atoms with Gasteiger partial charge in [-0.1, -0.05) is 6.92 Å². The first-order valence-electron chi connectivity index (χ1n) is 6.66. The van der Waals surface area contributed by atoms with E-state index in [-0.39, 0.29) is 11.3 Å². The average Bonchev–Trinajstić information content (AvgIpc) is 2.42. The highest BCUT2D eigenvalue weighted by Crippen LogP contribution is 2.27. The van der Waals surface area contributed by atoms with E-state index in [1.54, 1.807) is 4.90 Å². The number of anilines is 1. The van der Waals surface area contributed by atoms with Crippen LogP contribution in [0.3, 0.4) is 0 Å². The summed E-state index contributed by atoms with van der Waals surface area (Å²) in [5, 5.41) is 0. The zero-order valence-corrected chi connectivity index (χ0v) is 11.3. The molecule has 1 saturated heterocycles. The van der Waals surface area contributed by atoms with Crippen molar-refractivity contribution in [1.29, 1.82) is 0 Å². The summed E-state index contributed by atoms with van der Waals surface area (Å²) in [5.74, 6) is -2.72. The van der Waals surface area contributed by atoms with Crippen LogP contribution in [0.15, 0.2) is 6.07 Å². The molecule has 0 radical (unpaired) electrons. The Balaban J connectivity index is 2.16. The van der Waals surface area contributed by atoms with Crippen molar-refractivity contribution in [2.45, 2.75) is 20.3 Å². The van der Waals surface area contributed by atoms with Crippen molar-refractivity contribution in [2.75, 3.05) is 37.6 Å². The zero-order chi connectivity index (χ0) is 14.0. The maximum atomic E-state index is 14.0. The largest absolute Gasteiger partial charge is 0.367 e. The Bertz CT molecular complexity index is 454. The van der Waals surface area contributed by atoms with Crippen LogP contribution in [0, 0.1) is 24.4 Å². The van der Waals surface area contributed by atoms with Crippen LogP contribution in [0.4, 0.5) is 18.9 Å². The molecule has 1 heterocycles. The molecule has 2 rings (SSSR count). The normalized spacial score (nSPS) is 17.0. The molecular formula is C14H19F3N2. The van der Waals surface area contributed by atoms with Crippen LogP contribution in [0.1, 0.15) is 18.9 Å². The minimum atomic E-state index is -1.09. The number of rotatable bonds is 3. The molecule has 0 bridgehead atoms. The van der Waals surface area contributed by atoms with Crippen molar-refractivity contribution in [3.05, 3.63) is 29.1 Å². The van der Waals surface area contributed by atoms with E-state index in [0.29, 0.717) is 13.1 Å². The quantitative estimate of drug-likeness (QED) is 0.781. The molecule has 1 aromatic carbocycles. The summed E-state index contributed by atoms with van der Waals surface area (Å²) < 4.78 is 40.7. The molecule has 0 aliphatic carbocycles. The average molecular weight is 272 g/mol. The van der Waals surface area contributed by atoms with Crippen molar-refractivity contribution in [2.24, 2.45) is 0 Å². The van der Waals surface area contributed by atoms with Crippen LogP contribution >= 0.6 is 0 Å². The van der Waals surface area contributed by atoms with Crippen LogP contribution in [-0.4, -0.2) is 37.6 Å². The fourth-order valence-electron chi connectivity index (χ4n) is 2.47. The molecule has 0 atom stereocenters. The maximum absolute atomic E-state index is 14.0.